The Bertz CT molecular complexity index is 649. The zero-order valence-electron chi connectivity index (χ0n) is 12.1. The van der Waals surface area contributed by atoms with Crippen LogP contribution in [-0.2, 0) is 0 Å². The summed E-state index contributed by atoms with van der Waals surface area (Å²) in [6.07, 6.45) is 21.8. The molecule has 4 heterocycles. The zero-order valence-corrected chi connectivity index (χ0v) is 12.1. The minimum Gasteiger partial charge on any atom is -0.455 e. The maximum Gasteiger partial charge on any atom is 1.00 e. The van der Waals surface area contributed by atoms with Crippen LogP contribution in [0.4, 0.5) is 0 Å². The molecule has 10 heteroatoms. The Balaban J connectivity index is 0.00000144. The molecule has 0 atom stereocenters. The summed E-state index contributed by atoms with van der Waals surface area (Å²) in [7, 11) is 0. The molecular weight excluding hydrogens is 274 g/mol. The molecule has 0 N–H and O–H groups in total. The summed E-state index contributed by atoms with van der Waals surface area (Å²) >= 11 is 0. The summed E-state index contributed by atoms with van der Waals surface area (Å²) in [5.74, 6) is 0. The molecule has 0 aliphatic rings. The van der Waals surface area contributed by atoms with Crippen LogP contribution in [0.25, 0.3) is 0 Å². The van der Waals surface area contributed by atoms with E-state index in [1.165, 1.54) is 0 Å². The van der Waals surface area contributed by atoms with E-state index in [0.717, 1.165) is 0 Å². The van der Waals surface area contributed by atoms with Crippen molar-refractivity contribution in [3.63, 3.8) is 0 Å². The van der Waals surface area contributed by atoms with Crippen LogP contribution in [0.2, 0.25) is 0 Å². The van der Waals surface area contributed by atoms with Gasteiger partial charge >= 0.3 is 25.5 Å². The quantitative estimate of drug-likeness (QED) is 0.386. The third kappa shape index (κ3) is 1.95. The Morgan fingerprint density at radius 2 is 0.773 bits per heavy atom. The van der Waals surface area contributed by atoms with Gasteiger partial charge in [0.2, 0.25) is 0 Å². The van der Waals surface area contributed by atoms with Crippen molar-refractivity contribution in [1.82, 2.24) is 37.8 Å². The molecular formula is C12H12BLiN8. The average molecular weight is 286 g/mol. The Kier molecular flexibility index (Phi) is 3.75. The van der Waals surface area contributed by atoms with Gasteiger partial charge in [0, 0.05) is 24.8 Å². The molecule has 0 radical (unpaired) electrons. The zero-order chi connectivity index (χ0) is 14.1. The maximum absolute atomic E-state index is 4.20. The molecule has 0 aliphatic carbocycles. The normalized spacial score (nSPS) is 11.3. The average Bonchev–Trinajstić information content (AvgIpc) is 3.32. The number of hydrogen-bond donors (Lipinski definition) is 0. The molecule has 0 unspecified atom stereocenters. The van der Waals surface area contributed by atoms with E-state index in [4.69, 9.17) is 0 Å². The van der Waals surface area contributed by atoms with Crippen molar-refractivity contribution in [2.75, 3.05) is 0 Å². The molecule has 104 valence electrons. The van der Waals surface area contributed by atoms with Gasteiger partial charge in [0.25, 0.3) is 0 Å². The van der Waals surface area contributed by atoms with Crippen molar-refractivity contribution in [3.05, 3.63) is 74.9 Å². The molecule has 4 rings (SSSR count). The van der Waals surface area contributed by atoms with Crippen molar-refractivity contribution < 1.29 is 18.9 Å². The van der Waals surface area contributed by atoms with Gasteiger partial charge in [-0.05, 0) is 24.8 Å². The number of nitrogens with zero attached hydrogens (tertiary/aromatic N) is 8. The Labute approximate surface area is 138 Å². The number of rotatable bonds is 4. The fourth-order valence-electron chi connectivity index (χ4n) is 2.82. The van der Waals surface area contributed by atoms with Crippen LogP contribution in [0.1, 0.15) is 0 Å². The van der Waals surface area contributed by atoms with Crippen molar-refractivity contribution in [2.24, 2.45) is 0 Å². The van der Waals surface area contributed by atoms with Gasteiger partial charge in [-0.2, -0.15) is 0 Å². The van der Waals surface area contributed by atoms with Crippen LogP contribution >= 0.6 is 0 Å². The van der Waals surface area contributed by atoms with Gasteiger partial charge < -0.3 is 17.9 Å². The van der Waals surface area contributed by atoms with E-state index in [2.05, 4.69) is 19.9 Å². The van der Waals surface area contributed by atoms with Gasteiger partial charge in [-0.15, -0.1) is 0 Å². The molecule has 0 spiro atoms. The van der Waals surface area contributed by atoms with E-state index in [-0.39, 0.29) is 18.9 Å². The molecule has 0 aromatic carbocycles. The van der Waals surface area contributed by atoms with Gasteiger partial charge in [-0.3, -0.25) is 0 Å². The van der Waals surface area contributed by atoms with Gasteiger partial charge in [-0.1, -0.05) is 0 Å². The van der Waals surface area contributed by atoms with Crippen LogP contribution in [0.15, 0.2) is 74.9 Å². The minimum atomic E-state index is -1.64. The summed E-state index contributed by atoms with van der Waals surface area (Å²) in [5, 5.41) is 0. The Morgan fingerprint density at radius 1 is 0.500 bits per heavy atom. The van der Waals surface area contributed by atoms with Crippen molar-refractivity contribution in [1.29, 1.82) is 0 Å². The second-order valence-electron chi connectivity index (χ2n) is 4.73. The summed E-state index contributed by atoms with van der Waals surface area (Å²) in [4.78, 5) is 16.8. The predicted octanol–water partition coefficient (Wildman–Crippen LogP) is -2.59. The second-order valence-corrected chi connectivity index (χ2v) is 4.73. The van der Waals surface area contributed by atoms with Crippen LogP contribution in [0.5, 0.6) is 0 Å². The molecule has 22 heavy (non-hydrogen) atoms. The molecule has 8 nitrogen and oxygen atoms in total. The predicted molar refractivity (Wildman–Crippen MR) is 76.3 cm³/mol. The van der Waals surface area contributed by atoms with E-state index in [9.17, 15) is 0 Å². The van der Waals surface area contributed by atoms with E-state index in [0.29, 0.717) is 0 Å². The van der Waals surface area contributed by atoms with Crippen LogP contribution in [0, 0.1) is 0 Å². The monoisotopic (exact) mass is 286 g/mol. The second kappa shape index (κ2) is 5.71. The summed E-state index contributed by atoms with van der Waals surface area (Å²) in [6, 6.07) is 0. The number of imidazole rings is 4. The SMILES string of the molecule is [Li+].c1cn([B-](n2ccnc2)(n2ccnc2)n2ccnc2)cn1. The van der Waals surface area contributed by atoms with Crippen LogP contribution in [0.3, 0.4) is 0 Å². The van der Waals surface area contributed by atoms with E-state index < -0.39 is 6.69 Å². The molecule has 0 amide bonds. The van der Waals surface area contributed by atoms with Gasteiger partial charge in [0.15, 0.2) is 0 Å². The van der Waals surface area contributed by atoms with Gasteiger partial charge in [0.1, 0.15) is 0 Å². The first-order valence-corrected chi connectivity index (χ1v) is 6.50. The molecule has 4 aromatic heterocycles. The third-order valence-electron chi connectivity index (χ3n) is 3.70. The first kappa shape index (κ1) is 14.4. The third-order valence-corrected chi connectivity index (χ3v) is 3.70. The van der Waals surface area contributed by atoms with E-state index in [1.54, 1.807) is 50.1 Å². The smallest absolute Gasteiger partial charge is 0.455 e. The Hall–Kier alpha value is -2.50. The van der Waals surface area contributed by atoms with Crippen molar-refractivity contribution in [3.8, 4) is 0 Å². The Morgan fingerprint density at radius 3 is 0.955 bits per heavy atom. The van der Waals surface area contributed by atoms with Crippen LogP contribution in [-0.4, -0.2) is 44.5 Å². The maximum atomic E-state index is 4.20. The molecule has 0 aliphatic heterocycles. The van der Waals surface area contributed by atoms with Crippen molar-refractivity contribution in [2.45, 2.75) is 0 Å². The van der Waals surface area contributed by atoms with Gasteiger partial charge in [0.05, 0.1) is 25.3 Å². The van der Waals surface area contributed by atoms with Gasteiger partial charge in [-0.25, -0.2) is 19.9 Å². The molecule has 0 bridgehead atoms. The topological polar surface area (TPSA) is 71.3 Å². The molecule has 0 saturated carbocycles. The number of hydrogen-bond acceptors (Lipinski definition) is 4. The summed E-state index contributed by atoms with van der Waals surface area (Å²) < 4.78 is 8.08. The molecule has 0 fully saturated rings. The summed E-state index contributed by atoms with van der Waals surface area (Å²) in [5.41, 5.74) is 0. The first-order valence-electron chi connectivity index (χ1n) is 6.50. The largest absolute Gasteiger partial charge is 1.00 e. The molecule has 0 saturated heterocycles. The van der Waals surface area contributed by atoms with E-state index >= 15 is 0 Å². The molecule has 4 aromatic rings. The van der Waals surface area contributed by atoms with Crippen LogP contribution < -0.4 is 18.9 Å². The fourth-order valence-corrected chi connectivity index (χ4v) is 2.82. The first-order chi connectivity index (χ1) is 10.4. The standard InChI is InChI=1S/C12H12BN8.Li/c1-5-18(9-14-1)13(19-6-2-15-10-19,20-7-3-16-11-20)21-8-4-17-12-21;/h1-12H;/q-1;+1. The minimum absolute atomic E-state index is 0. The number of aromatic nitrogens is 8. The van der Waals surface area contributed by atoms with Crippen molar-refractivity contribution >= 4 is 6.69 Å². The van der Waals surface area contributed by atoms with E-state index in [1.807, 2.05) is 42.7 Å². The summed E-state index contributed by atoms with van der Waals surface area (Å²) in [6.45, 7) is -1.64. The fraction of sp³-hybridized carbons (Fsp3) is 0.